The van der Waals surface area contributed by atoms with E-state index in [0.717, 1.165) is 12.8 Å². The Hall–Kier alpha value is -0.860. The molecule has 5 nitrogen and oxygen atoms in total. The molecule has 0 spiro atoms. The maximum atomic E-state index is 12.3. The second-order valence-electron chi connectivity index (χ2n) is 5.92. The van der Waals surface area contributed by atoms with Crippen LogP contribution in [0.5, 0.6) is 0 Å². The molecule has 2 rings (SSSR count). The van der Waals surface area contributed by atoms with Crippen LogP contribution in [0, 0.1) is 0 Å². The summed E-state index contributed by atoms with van der Waals surface area (Å²) in [6.45, 7) is 1.88. The van der Waals surface area contributed by atoms with Crippen molar-refractivity contribution in [3.63, 3.8) is 0 Å². The summed E-state index contributed by atoms with van der Waals surface area (Å²) in [6, 6.07) is 0.0804. The van der Waals surface area contributed by atoms with E-state index in [1.165, 1.54) is 4.90 Å². The van der Waals surface area contributed by atoms with Crippen molar-refractivity contribution in [2.75, 3.05) is 39.3 Å². The van der Waals surface area contributed by atoms with Crippen LogP contribution < -0.4 is 11.1 Å². The molecule has 3 N–H and O–H groups in total. The minimum atomic E-state index is -4.13. The Morgan fingerprint density at radius 2 is 1.76 bits per heavy atom. The molecular weight excluding hydrogens is 285 g/mol. The highest BCUT2D eigenvalue weighted by molar-refractivity contribution is 5.79. The third kappa shape index (κ3) is 6.19. The Labute approximate surface area is 122 Å². The number of rotatable bonds is 7. The van der Waals surface area contributed by atoms with Crippen LogP contribution in [-0.4, -0.2) is 73.2 Å². The van der Waals surface area contributed by atoms with Crippen molar-refractivity contribution in [2.45, 2.75) is 37.5 Å². The first-order valence-electron chi connectivity index (χ1n) is 7.40. The summed E-state index contributed by atoms with van der Waals surface area (Å²) in [6.07, 6.45) is -1.35. The minimum absolute atomic E-state index is 0.328. The predicted molar refractivity (Wildman–Crippen MR) is 72.7 cm³/mol. The zero-order valence-electron chi connectivity index (χ0n) is 12.0. The normalized spacial score (nSPS) is 23.2. The second-order valence-corrected chi connectivity index (χ2v) is 5.92. The Kier molecular flexibility index (Phi) is 5.45. The van der Waals surface area contributed by atoms with E-state index in [9.17, 15) is 18.0 Å². The molecule has 1 unspecified atom stereocenters. The lowest BCUT2D eigenvalue weighted by atomic mass is 10.1. The van der Waals surface area contributed by atoms with Crippen LogP contribution in [0.3, 0.4) is 0 Å². The molecule has 21 heavy (non-hydrogen) atoms. The Morgan fingerprint density at radius 3 is 2.24 bits per heavy atom. The van der Waals surface area contributed by atoms with Crippen molar-refractivity contribution in [1.82, 2.24) is 15.1 Å². The number of nitrogens with zero attached hydrogens (tertiary/aromatic N) is 2. The van der Waals surface area contributed by atoms with Crippen molar-refractivity contribution < 1.29 is 18.0 Å². The van der Waals surface area contributed by atoms with Gasteiger partial charge in [-0.1, -0.05) is 0 Å². The number of piperazine rings is 1. The summed E-state index contributed by atoms with van der Waals surface area (Å²) in [7, 11) is 0. The number of alkyl halides is 3. The van der Waals surface area contributed by atoms with Crippen molar-refractivity contribution in [3.05, 3.63) is 0 Å². The monoisotopic (exact) mass is 308 g/mol. The number of nitrogens with one attached hydrogen (secondary N) is 1. The largest absolute Gasteiger partial charge is 0.401 e. The molecule has 1 saturated carbocycles. The lowest BCUT2D eigenvalue weighted by molar-refractivity contribution is -0.149. The molecule has 0 radical (unpaired) electrons. The molecule has 122 valence electrons. The summed E-state index contributed by atoms with van der Waals surface area (Å²) >= 11 is 0. The van der Waals surface area contributed by atoms with Gasteiger partial charge in [0.1, 0.15) is 0 Å². The summed E-state index contributed by atoms with van der Waals surface area (Å²) in [5.41, 5.74) is 5.37. The van der Waals surface area contributed by atoms with Gasteiger partial charge >= 0.3 is 6.18 Å². The van der Waals surface area contributed by atoms with E-state index in [2.05, 4.69) is 10.2 Å². The van der Waals surface area contributed by atoms with Gasteiger partial charge in [-0.3, -0.25) is 9.69 Å². The van der Waals surface area contributed by atoms with Gasteiger partial charge in [-0.25, -0.2) is 0 Å². The van der Waals surface area contributed by atoms with Gasteiger partial charge in [0.05, 0.1) is 12.6 Å². The molecule has 1 aliphatic carbocycles. The van der Waals surface area contributed by atoms with Crippen LogP contribution in [0.2, 0.25) is 0 Å². The Balaban J connectivity index is 1.66. The number of nitrogens with two attached hydrogens (primary N) is 1. The van der Waals surface area contributed by atoms with Crippen molar-refractivity contribution in [3.8, 4) is 0 Å². The average molecular weight is 308 g/mol. The van der Waals surface area contributed by atoms with Gasteiger partial charge < -0.3 is 16.0 Å². The fourth-order valence-corrected chi connectivity index (χ4v) is 2.58. The fourth-order valence-electron chi connectivity index (χ4n) is 2.58. The number of halogens is 3. The molecular formula is C13H23F3N4O. The molecule has 1 aliphatic heterocycles. The molecule has 1 saturated heterocycles. The standard InChI is InChI=1S/C13H23F3N4O/c14-13(15,16)9-20-7-5-19(6-8-20)4-3-11(12(17)21)18-10-1-2-10/h10-11,18H,1-9H2,(H2,17,21). The molecule has 2 fully saturated rings. The SMILES string of the molecule is NC(=O)C(CCN1CCN(CC(F)(F)F)CC1)NC1CC1. The fraction of sp³-hybridized carbons (Fsp3) is 0.923. The van der Waals surface area contributed by atoms with Crippen LogP contribution in [-0.2, 0) is 4.79 Å². The highest BCUT2D eigenvalue weighted by Gasteiger charge is 2.32. The highest BCUT2D eigenvalue weighted by Crippen LogP contribution is 2.20. The summed E-state index contributed by atoms with van der Waals surface area (Å²) in [5, 5.41) is 3.21. The summed E-state index contributed by atoms with van der Waals surface area (Å²) in [4.78, 5) is 14.9. The van der Waals surface area contributed by atoms with Crippen LogP contribution in [0.15, 0.2) is 0 Å². The van der Waals surface area contributed by atoms with Gasteiger partial charge in [0, 0.05) is 38.8 Å². The average Bonchev–Trinajstić information content (AvgIpc) is 3.18. The highest BCUT2D eigenvalue weighted by atomic mass is 19.4. The van der Waals surface area contributed by atoms with Gasteiger partial charge in [0.25, 0.3) is 0 Å². The Morgan fingerprint density at radius 1 is 1.19 bits per heavy atom. The van der Waals surface area contributed by atoms with E-state index in [0.29, 0.717) is 45.2 Å². The molecule has 1 amide bonds. The van der Waals surface area contributed by atoms with Gasteiger partial charge in [-0.15, -0.1) is 0 Å². The van der Waals surface area contributed by atoms with E-state index >= 15 is 0 Å². The van der Waals surface area contributed by atoms with Crippen molar-refractivity contribution in [2.24, 2.45) is 5.73 Å². The number of hydrogen-bond donors (Lipinski definition) is 2. The maximum Gasteiger partial charge on any atom is 0.401 e. The second kappa shape index (κ2) is 6.93. The molecule has 1 atom stereocenters. The topological polar surface area (TPSA) is 61.6 Å². The first kappa shape index (κ1) is 16.5. The van der Waals surface area contributed by atoms with Crippen LogP contribution in [0.4, 0.5) is 13.2 Å². The molecule has 8 heteroatoms. The van der Waals surface area contributed by atoms with Crippen molar-refractivity contribution in [1.29, 1.82) is 0 Å². The smallest absolute Gasteiger partial charge is 0.368 e. The summed E-state index contributed by atoms with van der Waals surface area (Å²) in [5.74, 6) is -0.349. The lowest BCUT2D eigenvalue weighted by Crippen LogP contribution is -2.51. The van der Waals surface area contributed by atoms with Crippen molar-refractivity contribution >= 4 is 5.91 Å². The molecule has 0 bridgehead atoms. The number of primary amides is 1. The molecule has 0 aromatic heterocycles. The minimum Gasteiger partial charge on any atom is -0.368 e. The first-order chi connectivity index (χ1) is 9.83. The zero-order valence-corrected chi connectivity index (χ0v) is 12.0. The van der Waals surface area contributed by atoms with Crippen LogP contribution in [0.1, 0.15) is 19.3 Å². The Bertz CT molecular complexity index is 352. The molecule has 2 aliphatic rings. The number of amides is 1. The van der Waals surface area contributed by atoms with E-state index in [4.69, 9.17) is 5.73 Å². The van der Waals surface area contributed by atoms with Crippen LogP contribution >= 0.6 is 0 Å². The predicted octanol–water partition coefficient (Wildman–Crippen LogP) is 0.162. The first-order valence-corrected chi connectivity index (χ1v) is 7.40. The van der Waals surface area contributed by atoms with Gasteiger partial charge in [-0.2, -0.15) is 13.2 Å². The molecule has 0 aromatic rings. The maximum absolute atomic E-state index is 12.3. The molecule has 0 aromatic carbocycles. The van der Waals surface area contributed by atoms with E-state index in [1.54, 1.807) is 0 Å². The van der Waals surface area contributed by atoms with Crippen LogP contribution in [0.25, 0.3) is 0 Å². The van der Waals surface area contributed by atoms with E-state index in [1.807, 2.05) is 0 Å². The number of hydrogen-bond acceptors (Lipinski definition) is 4. The van der Waals surface area contributed by atoms with Gasteiger partial charge in [0.15, 0.2) is 0 Å². The van der Waals surface area contributed by atoms with E-state index in [-0.39, 0.29) is 11.9 Å². The van der Waals surface area contributed by atoms with E-state index < -0.39 is 12.7 Å². The third-order valence-corrected chi connectivity index (χ3v) is 3.96. The number of carbonyl (C=O) groups excluding carboxylic acids is 1. The number of carbonyl (C=O) groups is 1. The quantitative estimate of drug-likeness (QED) is 0.703. The van der Waals surface area contributed by atoms with Gasteiger partial charge in [0.2, 0.25) is 5.91 Å². The third-order valence-electron chi connectivity index (χ3n) is 3.96. The summed E-state index contributed by atoms with van der Waals surface area (Å²) < 4.78 is 36.9. The molecule has 1 heterocycles. The lowest BCUT2D eigenvalue weighted by Gasteiger charge is -2.35. The van der Waals surface area contributed by atoms with Gasteiger partial charge in [-0.05, 0) is 19.3 Å². The zero-order chi connectivity index (χ0) is 15.5.